The summed E-state index contributed by atoms with van der Waals surface area (Å²) < 4.78 is 29.3. The zero-order valence-electron chi connectivity index (χ0n) is 22.1. The minimum Gasteiger partial charge on any atom is -0.350 e. The van der Waals surface area contributed by atoms with Gasteiger partial charge >= 0.3 is 0 Å². The molecule has 0 radical (unpaired) electrons. The third-order valence-corrected chi connectivity index (χ3v) is 8.19. The van der Waals surface area contributed by atoms with Crippen molar-refractivity contribution >= 4 is 43.5 Å². The van der Waals surface area contributed by atoms with Crippen molar-refractivity contribution in [3.63, 3.8) is 0 Å². The third-order valence-electron chi connectivity index (χ3n) is 5.87. The molecule has 9 heteroatoms. The molecule has 3 rings (SSSR count). The molecule has 0 fully saturated rings. The molecule has 202 valence electrons. The van der Waals surface area contributed by atoms with E-state index in [0.717, 1.165) is 14.3 Å². The maximum Gasteiger partial charge on any atom is 0.264 e. The lowest BCUT2D eigenvalue weighted by Gasteiger charge is -2.33. The van der Waals surface area contributed by atoms with Crippen LogP contribution in [0.3, 0.4) is 0 Å². The van der Waals surface area contributed by atoms with Crippen LogP contribution in [0.2, 0.25) is 0 Å². The zero-order valence-corrected chi connectivity index (χ0v) is 24.5. The molecule has 3 aromatic rings. The molecule has 0 saturated carbocycles. The van der Waals surface area contributed by atoms with Crippen molar-refractivity contribution < 1.29 is 18.0 Å². The van der Waals surface area contributed by atoms with E-state index in [4.69, 9.17) is 0 Å². The largest absolute Gasteiger partial charge is 0.350 e. The van der Waals surface area contributed by atoms with Crippen LogP contribution in [-0.2, 0) is 26.0 Å². The van der Waals surface area contributed by atoms with Crippen LogP contribution in [0.4, 0.5) is 5.69 Å². The number of amides is 2. The lowest BCUT2D eigenvalue weighted by atomic mass is 10.1. The molecule has 7 nitrogen and oxygen atoms in total. The third kappa shape index (κ3) is 7.91. The Morgan fingerprint density at radius 2 is 1.45 bits per heavy atom. The number of benzene rings is 3. The molecule has 1 atom stereocenters. The maximum atomic E-state index is 13.8. The van der Waals surface area contributed by atoms with Crippen LogP contribution in [0.15, 0.2) is 94.3 Å². The Bertz CT molecular complexity index is 1330. The molecule has 0 aliphatic heterocycles. The van der Waals surface area contributed by atoms with Gasteiger partial charge in [-0.25, -0.2) is 8.42 Å². The quantitative estimate of drug-likeness (QED) is 0.354. The van der Waals surface area contributed by atoms with Crippen molar-refractivity contribution in [3.05, 3.63) is 95.0 Å². The van der Waals surface area contributed by atoms with Gasteiger partial charge in [0.15, 0.2) is 0 Å². The number of nitrogens with zero attached hydrogens (tertiary/aromatic N) is 2. The van der Waals surface area contributed by atoms with Gasteiger partial charge in [0.2, 0.25) is 11.8 Å². The minimum absolute atomic E-state index is 0.0741. The molecule has 38 heavy (non-hydrogen) atoms. The van der Waals surface area contributed by atoms with Gasteiger partial charge in [0.05, 0.1) is 10.6 Å². The summed E-state index contributed by atoms with van der Waals surface area (Å²) in [6.45, 7) is 7.07. The molecule has 1 N–H and O–H groups in total. The van der Waals surface area contributed by atoms with E-state index < -0.39 is 34.1 Å². The van der Waals surface area contributed by atoms with Gasteiger partial charge in [-0.3, -0.25) is 13.9 Å². The first-order valence-corrected chi connectivity index (χ1v) is 14.6. The van der Waals surface area contributed by atoms with E-state index in [1.54, 1.807) is 49.4 Å². The molecule has 0 aromatic heterocycles. The van der Waals surface area contributed by atoms with Gasteiger partial charge in [0.25, 0.3) is 10.0 Å². The average molecular weight is 601 g/mol. The number of halogens is 1. The van der Waals surface area contributed by atoms with Crippen LogP contribution in [0.1, 0.15) is 33.3 Å². The highest BCUT2D eigenvalue weighted by molar-refractivity contribution is 9.10. The normalized spacial score (nSPS) is 12.4. The number of sulfonamides is 1. The van der Waals surface area contributed by atoms with E-state index in [-0.39, 0.29) is 17.3 Å². The first kappa shape index (κ1) is 29.4. The SMILES string of the molecule is C[C@@H](C(=O)NC(C)(C)C)N(CCc1ccccc1)C(=O)CN(c1ccc(Br)cc1)S(=O)(=O)c1ccccc1. The van der Waals surface area contributed by atoms with E-state index in [1.807, 2.05) is 51.1 Å². The number of rotatable bonds is 10. The summed E-state index contributed by atoms with van der Waals surface area (Å²) in [7, 11) is -4.07. The molecule has 0 heterocycles. The summed E-state index contributed by atoms with van der Waals surface area (Å²) in [5.41, 5.74) is 0.871. The van der Waals surface area contributed by atoms with E-state index >= 15 is 0 Å². The van der Waals surface area contributed by atoms with Crippen molar-refractivity contribution in [1.82, 2.24) is 10.2 Å². The first-order chi connectivity index (χ1) is 17.9. The van der Waals surface area contributed by atoms with Crippen LogP contribution >= 0.6 is 15.9 Å². The Morgan fingerprint density at radius 3 is 2.00 bits per heavy atom. The van der Waals surface area contributed by atoms with Crippen molar-refractivity contribution in [3.8, 4) is 0 Å². The Kier molecular flexibility index (Phi) is 9.73. The van der Waals surface area contributed by atoms with Gasteiger partial charge < -0.3 is 10.2 Å². The molecule has 0 aliphatic rings. The molecule has 0 bridgehead atoms. The van der Waals surface area contributed by atoms with Gasteiger partial charge in [0.1, 0.15) is 12.6 Å². The number of carbonyl (C=O) groups is 2. The summed E-state index contributed by atoms with van der Waals surface area (Å²) in [5, 5.41) is 2.93. The average Bonchev–Trinajstić information content (AvgIpc) is 2.88. The van der Waals surface area contributed by atoms with Crippen molar-refractivity contribution in [2.45, 2.75) is 50.6 Å². The van der Waals surface area contributed by atoms with E-state index in [9.17, 15) is 18.0 Å². The second-order valence-corrected chi connectivity index (χ2v) is 12.8. The Labute approximate surface area is 234 Å². The number of hydrogen-bond acceptors (Lipinski definition) is 4. The summed E-state index contributed by atoms with van der Waals surface area (Å²) in [5.74, 6) is -0.778. The molecule has 3 aromatic carbocycles. The van der Waals surface area contributed by atoms with E-state index in [2.05, 4.69) is 21.2 Å². The van der Waals surface area contributed by atoms with Crippen LogP contribution in [0.25, 0.3) is 0 Å². The summed E-state index contributed by atoms with van der Waals surface area (Å²) in [4.78, 5) is 28.5. The highest BCUT2D eigenvalue weighted by Crippen LogP contribution is 2.26. The number of anilines is 1. The maximum absolute atomic E-state index is 13.8. The highest BCUT2D eigenvalue weighted by atomic mass is 79.9. The van der Waals surface area contributed by atoms with Gasteiger partial charge in [-0.15, -0.1) is 0 Å². The second-order valence-electron chi connectivity index (χ2n) is 10.0. The fourth-order valence-corrected chi connectivity index (χ4v) is 5.60. The van der Waals surface area contributed by atoms with Crippen LogP contribution < -0.4 is 9.62 Å². The molecule has 0 aliphatic carbocycles. The van der Waals surface area contributed by atoms with Gasteiger partial charge in [-0.2, -0.15) is 0 Å². The lowest BCUT2D eigenvalue weighted by Crippen LogP contribution is -2.55. The Hall–Kier alpha value is -3.17. The Balaban J connectivity index is 1.96. The predicted molar refractivity (Wildman–Crippen MR) is 154 cm³/mol. The van der Waals surface area contributed by atoms with Crippen molar-refractivity contribution in [2.75, 3.05) is 17.4 Å². The first-order valence-electron chi connectivity index (χ1n) is 12.4. The van der Waals surface area contributed by atoms with E-state index in [1.165, 1.54) is 17.0 Å². The lowest BCUT2D eigenvalue weighted by molar-refractivity contribution is -0.139. The number of carbonyl (C=O) groups excluding carboxylic acids is 2. The van der Waals surface area contributed by atoms with Gasteiger partial charge in [-0.05, 0) is 76.1 Å². The smallest absolute Gasteiger partial charge is 0.264 e. The van der Waals surface area contributed by atoms with E-state index in [0.29, 0.717) is 12.1 Å². The second kappa shape index (κ2) is 12.6. The standard InChI is InChI=1S/C29H34BrN3O4S/c1-22(28(35)31-29(2,3)4)32(20-19-23-11-7-5-8-12-23)27(34)21-33(25-17-15-24(30)16-18-25)38(36,37)26-13-9-6-10-14-26/h5-18,22H,19-21H2,1-4H3,(H,31,35)/t22-/m0/s1. The molecular weight excluding hydrogens is 566 g/mol. The zero-order chi connectivity index (χ0) is 27.9. The Morgan fingerprint density at radius 1 is 0.895 bits per heavy atom. The highest BCUT2D eigenvalue weighted by Gasteiger charge is 2.33. The molecule has 0 saturated heterocycles. The number of hydrogen-bond donors (Lipinski definition) is 1. The summed E-state index contributed by atoms with van der Waals surface area (Å²) >= 11 is 3.38. The van der Waals surface area contributed by atoms with Crippen LogP contribution in [0, 0.1) is 0 Å². The molecule has 2 amide bonds. The molecule has 0 unspecified atom stereocenters. The van der Waals surface area contributed by atoms with Crippen LogP contribution in [0.5, 0.6) is 0 Å². The monoisotopic (exact) mass is 599 g/mol. The van der Waals surface area contributed by atoms with Crippen molar-refractivity contribution in [2.24, 2.45) is 0 Å². The van der Waals surface area contributed by atoms with Gasteiger partial charge in [-0.1, -0.05) is 64.5 Å². The van der Waals surface area contributed by atoms with Crippen LogP contribution in [-0.4, -0.2) is 49.8 Å². The topological polar surface area (TPSA) is 86.8 Å². The molecular formula is C29H34BrN3O4S. The fraction of sp³-hybridized carbons (Fsp3) is 0.310. The number of nitrogens with one attached hydrogen (secondary N) is 1. The predicted octanol–water partition coefficient (Wildman–Crippen LogP) is 5.02. The van der Waals surface area contributed by atoms with Crippen molar-refractivity contribution in [1.29, 1.82) is 0 Å². The molecule has 0 spiro atoms. The van der Waals surface area contributed by atoms with Gasteiger partial charge in [0, 0.05) is 16.6 Å². The summed E-state index contributed by atoms with van der Waals surface area (Å²) in [6, 6.07) is 23.6. The fourth-order valence-electron chi connectivity index (χ4n) is 3.90. The minimum atomic E-state index is -4.07. The summed E-state index contributed by atoms with van der Waals surface area (Å²) in [6.07, 6.45) is 0.517.